The SMILES string of the molecule is CCC1COC(CC2(C)N=CC=N2)(c2ccc(Oc3cccc(Cl)c3)cc2)O1. The van der Waals surface area contributed by atoms with E-state index >= 15 is 0 Å². The minimum atomic E-state index is -0.872. The maximum Gasteiger partial charge on any atom is 0.199 e. The van der Waals surface area contributed by atoms with Crippen molar-refractivity contribution in [2.45, 2.75) is 44.2 Å². The van der Waals surface area contributed by atoms with Gasteiger partial charge in [0, 0.05) is 23.0 Å². The lowest BCUT2D eigenvalue weighted by atomic mass is 9.95. The van der Waals surface area contributed by atoms with Crippen LogP contribution < -0.4 is 4.74 Å². The van der Waals surface area contributed by atoms with Crippen LogP contribution in [0.5, 0.6) is 11.5 Å². The summed E-state index contributed by atoms with van der Waals surface area (Å²) in [6, 6.07) is 15.1. The maximum atomic E-state index is 6.36. The second kappa shape index (κ2) is 7.66. The molecule has 146 valence electrons. The van der Waals surface area contributed by atoms with E-state index in [1.165, 1.54) is 0 Å². The van der Waals surface area contributed by atoms with E-state index in [1.54, 1.807) is 18.5 Å². The Hall–Kier alpha value is -2.21. The average molecular weight is 399 g/mol. The van der Waals surface area contributed by atoms with Crippen molar-refractivity contribution in [1.82, 2.24) is 0 Å². The van der Waals surface area contributed by atoms with Gasteiger partial charge in [-0.3, -0.25) is 9.98 Å². The van der Waals surface area contributed by atoms with Crippen LogP contribution in [-0.4, -0.2) is 30.8 Å². The van der Waals surface area contributed by atoms with Crippen LogP contribution in [0, 0.1) is 0 Å². The van der Waals surface area contributed by atoms with Crippen LogP contribution in [0.2, 0.25) is 5.02 Å². The van der Waals surface area contributed by atoms with E-state index in [1.807, 2.05) is 49.4 Å². The highest BCUT2D eigenvalue weighted by atomic mass is 35.5. The first-order valence-electron chi connectivity index (χ1n) is 9.45. The Morgan fingerprint density at radius 1 is 1.11 bits per heavy atom. The van der Waals surface area contributed by atoms with Gasteiger partial charge in [-0.05, 0) is 55.8 Å². The molecule has 2 aliphatic heterocycles. The molecule has 0 saturated carbocycles. The van der Waals surface area contributed by atoms with Crippen LogP contribution >= 0.6 is 11.6 Å². The van der Waals surface area contributed by atoms with Crippen LogP contribution in [0.3, 0.4) is 0 Å². The Kier molecular flexibility index (Phi) is 5.23. The van der Waals surface area contributed by atoms with Gasteiger partial charge in [-0.15, -0.1) is 0 Å². The molecule has 1 fully saturated rings. The molecule has 4 rings (SSSR count). The van der Waals surface area contributed by atoms with Crippen molar-refractivity contribution >= 4 is 24.0 Å². The van der Waals surface area contributed by atoms with Crippen LogP contribution in [-0.2, 0) is 15.3 Å². The smallest absolute Gasteiger partial charge is 0.199 e. The lowest BCUT2D eigenvalue weighted by molar-refractivity contribution is -0.190. The molecule has 28 heavy (non-hydrogen) atoms. The molecule has 0 bridgehead atoms. The van der Waals surface area contributed by atoms with Crippen molar-refractivity contribution in [2.24, 2.45) is 9.98 Å². The van der Waals surface area contributed by atoms with Gasteiger partial charge in [0.15, 0.2) is 11.4 Å². The summed E-state index contributed by atoms with van der Waals surface area (Å²) < 4.78 is 18.5. The first-order chi connectivity index (χ1) is 13.5. The minimum Gasteiger partial charge on any atom is -0.457 e. The van der Waals surface area contributed by atoms with Crippen molar-refractivity contribution in [1.29, 1.82) is 0 Å². The highest BCUT2D eigenvalue weighted by molar-refractivity contribution is 6.30. The molecular weight excluding hydrogens is 376 g/mol. The van der Waals surface area contributed by atoms with Crippen molar-refractivity contribution in [3.8, 4) is 11.5 Å². The standard InChI is InChI=1S/C22H23ClN2O3/c1-3-18-14-26-22(28-18,15-21(2)24-11-12-25-21)16-7-9-19(10-8-16)27-20-6-4-5-17(23)13-20/h4-13,18H,3,14-15H2,1-2H3. The molecular formula is C22H23ClN2O3. The highest BCUT2D eigenvalue weighted by Crippen LogP contribution is 2.43. The number of hydrogen-bond donors (Lipinski definition) is 0. The van der Waals surface area contributed by atoms with E-state index in [9.17, 15) is 0 Å². The molecule has 6 heteroatoms. The molecule has 0 radical (unpaired) electrons. The number of hydrogen-bond acceptors (Lipinski definition) is 5. The predicted molar refractivity (Wildman–Crippen MR) is 111 cm³/mol. The third-order valence-electron chi connectivity index (χ3n) is 4.98. The first-order valence-corrected chi connectivity index (χ1v) is 9.83. The zero-order chi connectivity index (χ0) is 19.6. The molecule has 0 spiro atoms. The van der Waals surface area contributed by atoms with Gasteiger partial charge in [-0.1, -0.05) is 24.6 Å². The summed E-state index contributed by atoms with van der Waals surface area (Å²) in [5.41, 5.74) is 0.346. The summed E-state index contributed by atoms with van der Waals surface area (Å²) in [5, 5.41) is 0.636. The normalized spacial score (nSPS) is 25.3. The van der Waals surface area contributed by atoms with Crippen molar-refractivity contribution < 1.29 is 14.2 Å². The highest BCUT2D eigenvalue weighted by Gasteiger charge is 2.48. The molecule has 2 unspecified atom stereocenters. The largest absolute Gasteiger partial charge is 0.457 e. The molecule has 0 aliphatic carbocycles. The van der Waals surface area contributed by atoms with Crippen molar-refractivity contribution in [3.05, 3.63) is 59.1 Å². The van der Waals surface area contributed by atoms with Gasteiger partial charge < -0.3 is 14.2 Å². The molecule has 0 amide bonds. The zero-order valence-corrected chi connectivity index (χ0v) is 16.7. The van der Waals surface area contributed by atoms with E-state index in [4.69, 9.17) is 25.8 Å². The number of halogens is 1. The second-order valence-electron chi connectivity index (χ2n) is 7.25. The van der Waals surface area contributed by atoms with Gasteiger partial charge in [-0.25, -0.2) is 0 Å². The van der Waals surface area contributed by atoms with Gasteiger partial charge in [0.25, 0.3) is 0 Å². The predicted octanol–water partition coefficient (Wildman–Crippen LogP) is 5.37. The van der Waals surface area contributed by atoms with E-state index in [-0.39, 0.29) is 6.10 Å². The van der Waals surface area contributed by atoms with E-state index in [0.29, 0.717) is 29.5 Å². The quantitative estimate of drug-likeness (QED) is 0.657. The Morgan fingerprint density at radius 3 is 2.50 bits per heavy atom. The molecule has 0 N–H and O–H groups in total. The van der Waals surface area contributed by atoms with Gasteiger partial charge in [0.1, 0.15) is 11.5 Å². The summed E-state index contributed by atoms with van der Waals surface area (Å²) in [4.78, 5) is 8.98. The monoisotopic (exact) mass is 398 g/mol. The third kappa shape index (κ3) is 3.97. The molecule has 0 aromatic heterocycles. The molecule has 2 aliphatic rings. The molecule has 2 aromatic carbocycles. The van der Waals surface area contributed by atoms with Crippen molar-refractivity contribution in [2.75, 3.05) is 6.61 Å². The van der Waals surface area contributed by atoms with Gasteiger partial charge in [0.05, 0.1) is 19.1 Å². The van der Waals surface area contributed by atoms with Crippen LogP contribution in [0.25, 0.3) is 0 Å². The fourth-order valence-electron chi connectivity index (χ4n) is 3.51. The fraction of sp³-hybridized carbons (Fsp3) is 0.364. The van der Waals surface area contributed by atoms with Gasteiger partial charge in [-0.2, -0.15) is 0 Å². The first kappa shape index (κ1) is 19.1. The third-order valence-corrected chi connectivity index (χ3v) is 5.22. The van der Waals surface area contributed by atoms with Crippen molar-refractivity contribution in [3.63, 3.8) is 0 Å². The number of aliphatic imine (C=N–C) groups is 2. The van der Waals surface area contributed by atoms with E-state index < -0.39 is 11.4 Å². The van der Waals surface area contributed by atoms with Gasteiger partial charge >= 0.3 is 0 Å². The van der Waals surface area contributed by atoms with Crippen LogP contribution in [0.1, 0.15) is 32.3 Å². The second-order valence-corrected chi connectivity index (χ2v) is 7.68. The Bertz CT molecular complexity index is 885. The maximum absolute atomic E-state index is 6.36. The lowest BCUT2D eigenvalue weighted by Crippen LogP contribution is -2.36. The summed E-state index contributed by atoms with van der Waals surface area (Å²) in [6.45, 7) is 4.64. The lowest BCUT2D eigenvalue weighted by Gasteiger charge is -2.33. The summed E-state index contributed by atoms with van der Waals surface area (Å²) >= 11 is 6.03. The Morgan fingerprint density at radius 2 is 1.86 bits per heavy atom. The van der Waals surface area contributed by atoms with E-state index in [2.05, 4.69) is 16.9 Å². The summed E-state index contributed by atoms with van der Waals surface area (Å²) in [5.74, 6) is 0.536. The summed E-state index contributed by atoms with van der Waals surface area (Å²) in [7, 11) is 0. The number of ether oxygens (including phenoxy) is 3. The van der Waals surface area contributed by atoms with Gasteiger partial charge in [0.2, 0.25) is 0 Å². The molecule has 2 heterocycles. The van der Waals surface area contributed by atoms with Crippen LogP contribution in [0.15, 0.2) is 58.5 Å². The molecule has 1 saturated heterocycles. The van der Waals surface area contributed by atoms with E-state index in [0.717, 1.165) is 12.0 Å². The fourth-order valence-corrected chi connectivity index (χ4v) is 3.69. The summed E-state index contributed by atoms with van der Waals surface area (Å²) in [6.07, 6.45) is 4.91. The topological polar surface area (TPSA) is 52.4 Å². The Labute approximate surface area is 170 Å². The molecule has 5 nitrogen and oxygen atoms in total. The zero-order valence-electron chi connectivity index (χ0n) is 16.0. The molecule has 2 atom stereocenters. The Balaban J connectivity index is 1.58. The number of benzene rings is 2. The van der Waals surface area contributed by atoms with Crippen LogP contribution in [0.4, 0.5) is 0 Å². The molecule has 2 aromatic rings. The average Bonchev–Trinajstić information content (AvgIpc) is 3.29. The number of nitrogens with zero attached hydrogens (tertiary/aromatic N) is 2. The number of rotatable bonds is 6. The minimum absolute atomic E-state index is 0.0559.